The molecule has 0 aliphatic carbocycles. The summed E-state index contributed by atoms with van der Waals surface area (Å²) in [6.07, 6.45) is -0.517. The van der Waals surface area contributed by atoms with Crippen LogP contribution in [0.4, 0.5) is 5.82 Å². The molecule has 1 fully saturated rings. The van der Waals surface area contributed by atoms with Crippen LogP contribution in [-0.4, -0.2) is 62.9 Å². The van der Waals surface area contributed by atoms with E-state index in [0.29, 0.717) is 13.1 Å². The first-order chi connectivity index (χ1) is 13.9. The Morgan fingerprint density at radius 3 is 2.38 bits per heavy atom. The molecule has 0 unspecified atom stereocenters. The molecule has 3 heterocycles. The molecule has 0 saturated carbocycles. The number of nitrogens with zero attached hydrogens (tertiary/aromatic N) is 6. The third kappa shape index (κ3) is 4.01. The van der Waals surface area contributed by atoms with Gasteiger partial charge in [-0.05, 0) is 63.1 Å². The van der Waals surface area contributed by atoms with Crippen LogP contribution in [0.1, 0.15) is 23.9 Å². The zero-order valence-corrected chi connectivity index (χ0v) is 17.3. The van der Waals surface area contributed by atoms with Crippen molar-refractivity contribution in [1.82, 2.24) is 24.7 Å². The van der Waals surface area contributed by atoms with Gasteiger partial charge in [0.2, 0.25) is 0 Å². The van der Waals surface area contributed by atoms with Gasteiger partial charge >= 0.3 is 0 Å². The molecule has 1 aliphatic rings. The van der Waals surface area contributed by atoms with Gasteiger partial charge in [0, 0.05) is 26.2 Å². The Morgan fingerprint density at radius 2 is 1.69 bits per heavy atom. The van der Waals surface area contributed by atoms with E-state index in [-0.39, 0.29) is 5.91 Å². The third-order valence-electron chi connectivity index (χ3n) is 5.18. The molecule has 0 N–H and O–H groups in total. The topological polar surface area (TPSA) is 75.9 Å². The van der Waals surface area contributed by atoms with Gasteiger partial charge in [-0.3, -0.25) is 4.79 Å². The molecule has 0 bridgehead atoms. The highest BCUT2D eigenvalue weighted by molar-refractivity contribution is 5.81. The number of carbonyl (C=O) groups is 1. The largest absolute Gasteiger partial charge is 0.481 e. The van der Waals surface area contributed by atoms with Crippen LogP contribution in [0.25, 0.3) is 5.65 Å². The predicted octanol–water partition coefficient (Wildman–Crippen LogP) is 2.17. The van der Waals surface area contributed by atoms with Crippen molar-refractivity contribution in [3.8, 4) is 5.75 Å². The number of hydrogen-bond donors (Lipinski definition) is 0. The lowest BCUT2D eigenvalue weighted by Crippen LogP contribution is -2.52. The molecule has 3 aromatic rings. The Morgan fingerprint density at radius 1 is 1.00 bits per heavy atom. The molecule has 8 nitrogen and oxygen atoms in total. The van der Waals surface area contributed by atoms with Gasteiger partial charge in [-0.1, -0.05) is 6.07 Å². The summed E-state index contributed by atoms with van der Waals surface area (Å²) in [6, 6.07) is 9.88. The van der Waals surface area contributed by atoms with Crippen LogP contribution < -0.4 is 9.64 Å². The van der Waals surface area contributed by atoms with E-state index >= 15 is 0 Å². The number of anilines is 1. The second-order valence-corrected chi connectivity index (χ2v) is 7.60. The van der Waals surface area contributed by atoms with Crippen LogP contribution >= 0.6 is 0 Å². The number of amides is 1. The molecular formula is C21H26N6O2. The van der Waals surface area contributed by atoms with Crippen LogP contribution in [0.2, 0.25) is 0 Å². The lowest BCUT2D eigenvalue weighted by atomic mass is 10.1. The number of ether oxygens (including phenoxy) is 1. The molecule has 1 amide bonds. The summed E-state index contributed by atoms with van der Waals surface area (Å²) in [6.45, 7) is 10.5. The summed E-state index contributed by atoms with van der Waals surface area (Å²) >= 11 is 0. The normalized spacial score (nSPS) is 15.6. The van der Waals surface area contributed by atoms with Crippen molar-refractivity contribution in [1.29, 1.82) is 0 Å². The van der Waals surface area contributed by atoms with Crippen molar-refractivity contribution in [2.75, 3.05) is 31.1 Å². The van der Waals surface area contributed by atoms with E-state index < -0.39 is 6.10 Å². The van der Waals surface area contributed by atoms with E-state index in [4.69, 9.17) is 4.74 Å². The van der Waals surface area contributed by atoms with Gasteiger partial charge in [0.1, 0.15) is 11.6 Å². The summed E-state index contributed by atoms with van der Waals surface area (Å²) in [7, 11) is 0. The van der Waals surface area contributed by atoms with Crippen molar-refractivity contribution in [2.45, 2.75) is 33.8 Å². The van der Waals surface area contributed by atoms with Gasteiger partial charge < -0.3 is 14.5 Å². The number of aromatic nitrogens is 4. The van der Waals surface area contributed by atoms with E-state index in [1.54, 1.807) is 4.52 Å². The highest BCUT2D eigenvalue weighted by atomic mass is 16.5. The highest BCUT2D eigenvalue weighted by Gasteiger charge is 2.27. The molecule has 29 heavy (non-hydrogen) atoms. The Balaban J connectivity index is 1.37. The van der Waals surface area contributed by atoms with Crippen LogP contribution in [0.5, 0.6) is 5.75 Å². The summed E-state index contributed by atoms with van der Waals surface area (Å²) < 4.78 is 7.66. The van der Waals surface area contributed by atoms with Gasteiger partial charge in [0.25, 0.3) is 5.91 Å². The number of fused-ring (bicyclic) bond motifs is 1. The molecule has 4 rings (SSSR count). The smallest absolute Gasteiger partial charge is 0.263 e. The third-order valence-corrected chi connectivity index (χ3v) is 5.18. The van der Waals surface area contributed by atoms with Crippen molar-refractivity contribution in [3.63, 3.8) is 0 Å². The number of hydrogen-bond acceptors (Lipinski definition) is 6. The molecule has 2 aromatic heterocycles. The maximum atomic E-state index is 12.8. The maximum Gasteiger partial charge on any atom is 0.263 e. The Labute approximate surface area is 170 Å². The van der Waals surface area contributed by atoms with Gasteiger partial charge in [-0.25, -0.2) is 0 Å². The maximum absolute atomic E-state index is 12.8. The van der Waals surface area contributed by atoms with Crippen molar-refractivity contribution in [2.24, 2.45) is 0 Å². The van der Waals surface area contributed by atoms with Gasteiger partial charge in [0.15, 0.2) is 17.6 Å². The molecule has 1 saturated heterocycles. The average Bonchev–Trinajstić information content (AvgIpc) is 3.07. The van der Waals surface area contributed by atoms with Gasteiger partial charge in [-0.15, -0.1) is 15.3 Å². The summed E-state index contributed by atoms with van der Waals surface area (Å²) in [5.41, 5.74) is 2.99. The minimum Gasteiger partial charge on any atom is -0.481 e. The molecule has 1 aliphatic heterocycles. The number of piperazine rings is 1. The van der Waals surface area contributed by atoms with E-state index in [1.807, 2.05) is 56.9 Å². The first kappa shape index (κ1) is 19.2. The lowest BCUT2D eigenvalue weighted by molar-refractivity contribution is -0.138. The number of aryl methyl sites for hydroxylation is 3. The monoisotopic (exact) mass is 394 g/mol. The molecule has 0 radical (unpaired) electrons. The average molecular weight is 394 g/mol. The predicted molar refractivity (Wildman–Crippen MR) is 110 cm³/mol. The first-order valence-electron chi connectivity index (χ1n) is 9.88. The van der Waals surface area contributed by atoms with Crippen molar-refractivity contribution < 1.29 is 9.53 Å². The van der Waals surface area contributed by atoms with Crippen LogP contribution in [0, 0.1) is 20.8 Å². The standard InChI is InChI=1S/C21H26N6O2/c1-14-11-15(2)13-18(12-14)29-16(3)21(28)26-9-7-25(8-10-26)20-6-5-19-23-22-17(4)27(19)24-20/h5-6,11-13,16H,7-10H2,1-4H3/t16-/m1/s1. The number of benzene rings is 1. The number of carbonyl (C=O) groups excluding carboxylic acids is 1. The van der Waals surface area contributed by atoms with Crippen LogP contribution in [0.3, 0.4) is 0 Å². The Hall–Kier alpha value is -3.16. The second kappa shape index (κ2) is 7.69. The summed E-state index contributed by atoms with van der Waals surface area (Å²) in [5.74, 6) is 2.38. The van der Waals surface area contributed by atoms with E-state index in [9.17, 15) is 4.79 Å². The molecular weight excluding hydrogens is 368 g/mol. The van der Waals surface area contributed by atoms with E-state index in [2.05, 4.69) is 26.3 Å². The fourth-order valence-corrected chi connectivity index (χ4v) is 3.72. The summed E-state index contributed by atoms with van der Waals surface area (Å²) in [5, 5.41) is 12.7. The highest BCUT2D eigenvalue weighted by Crippen LogP contribution is 2.19. The fraction of sp³-hybridized carbons (Fsp3) is 0.429. The minimum atomic E-state index is -0.517. The SMILES string of the molecule is Cc1cc(C)cc(O[C@H](C)C(=O)N2CCN(c3ccc4nnc(C)n4n3)CC2)c1. The molecule has 0 spiro atoms. The molecule has 1 aromatic carbocycles. The summed E-state index contributed by atoms with van der Waals surface area (Å²) in [4.78, 5) is 16.9. The van der Waals surface area contributed by atoms with Crippen molar-refractivity contribution >= 4 is 17.4 Å². The minimum absolute atomic E-state index is 0.0156. The van der Waals surface area contributed by atoms with Gasteiger partial charge in [-0.2, -0.15) is 4.52 Å². The number of rotatable bonds is 4. The van der Waals surface area contributed by atoms with E-state index in [1.165, 1.54) is 0 Å². The quantitative estimate of drug-likeness (QED) is 0.675. The Bertz CT molecular complexity index is 1020. The van der Waals surface area contributed by atoms with Gasteiger partial charge in [0.05, 0.1) is 0 Å². The Kier molecular flexibility index (Phi) is 5.08. The second-order valence-electron chi connectivity index (χ2n) is 7.60. The van der Waals surface area contributed by atoms with Crippen LogP contribution in [-0.2, 0) is 4.79 Å². The molecule has 152 valence electrons. The van der Waals surface area contributed by atoms with E-state index in [0.717, 1.165) is 47.3 Å². The fourth-order valence-electron chi connectivity index (χ4n) is 3.72. The van der Waals surface area contributed by atoms with Crippen molar-refractivity contribution in [3.05, 3.63) is 47.3 Å². The molecule has 1 atom stereocenters. The van der Waals surface area contributed by atoms with Crippen LogP contribution in [0.15, 0.2) is 30.3 Å². The molecule has 8 heteroatoms. The zero-order valence-electron chi connectivity index (χ0n) is 17.3. The zero-order chi connectivity index (χ0) is 20.5. The lowest BCUT2D eigenvalue weighted by Gasteiger charge is -2.36. The first-order valence-corrected chi connectivity index (χ1v) is 9.88.